The van der Waals surface area contributed by atoms with Crippen LogP contribution in [0, 0.1) is 0 Å². The van der Waals surface area contributed by atoms with Gasteiger partial charge in [0, 0.05) is 13.0 Å². The highest BCUT2D eigenvalue weighted by Crippen LogP contribution is 2.44. The lowest BCUT2D eigenvalue weighted by atomic mass is 9.98. The van der Waals surface area contributed by atoms with Gasteiger partial charge in [0.2, 0.25) is 5.91 Å². The van der Waals surface area contributed by atoms with E-state index < -0.39 is 30.1 Å². The summed E-state index contributed by atoms with van der Waals surface area (Å²) in [5.41, 5.74) is 4.49. The summed E-state index contributed by atoms with van der Waals surface area (Å²) in [4.78, 5) is 38.5. The van der Waals surface area contributed by atoms with E-state index in [1.54, 1.807) is 0 Å². The molecule has 7 heteroatoms. The van der Waals surface area contributed by atoms with Gasteiger partial charge in [-0.05, 0) is 47.9 Å². The number of hydrogen-bond donors (Lipinski definition) is 2. The fourth-order valence-corrected chi connectivity index (χ4v) is 4.67. The Balaban J connectivity index is 1.45. The van der Waals surface area contributed by atoms with Crippen LogP contribution in [0.15, 0.2) is 60.7 Å². The van der Waals surface area contributed by atoms with Crippen LogP contribution in [0.1, 0.15) is 42.7 Å². The Hall–Kier alpha value is -3.61. The Morgan fingerprint density at radius 1 is 1.00 bits per heavy atom. The lowest BCUT2D eigenvalue weighted by Gasteiger charge is -2.29. The monoisotopic (exact) mass is 448 g/mol. The zero-order valence-corrected chi connectivity index (χ0v) is 18.6. The molecule has 2 N–H and O–H groups in total. The topological polar surface area (TPSA) is 95.9 Å². The van der Waals surface area contributed by atoms with Crippen LogP contribution < -0.4 is 5.32 Å². The molecular formula is C26H28N2O5. The van der Waals surface area contributed by atoms with E-state index in [1.807, 2.05) is 48.6 Å². The number of carboxylic acid groups (broad SMARTS) is 1. The van der Waals surface area contributed by atoms with Crippen molar-refractivity contribution in [3.63, 3.8) is 0 Å². The van der Waals surface area contributed by atoms with Crippen LogP contribution >= 0.6 is 0 Å². The number of carbonyl (C=O) groups excluding carboxylic acids is 2. The molecule has 2 aromatic rings. The molecule has 4 rings (SSSR count). The molecule has 2 aliphatic rings. The molecule has 0 bridgehead atoms. The van der Waals surface area contributed by atoms with E-state index >= 15 is 0 Å². The van der Waals surface area contributed by atoms with Gasteiger partial charge in [-0.25, -0.2) is 9.59 Å². The summed E-state index contributed by atoms with van der Waals surface area (Å²) >= 11 is 0. The van der Waals surface area contributed by atoms with Gasteiger partial charge in [-0.15, -0.1) is 0 Å². The van der Waals surface area contributed by atoms with Gasteiger partial charge >= 0.3 is 12.1 Å². The Morgan fingerprint density at radius 3 is 2.18 bits per heavy atom. The molecule has 0 fully saturated rings. The van der Waals surface area contributed by atoms with Crippen molar-refractivity contribution in [3.8, 4) is 11.1 Å². The summed E-state index contributed by atoms with van der Waals surface area (Å²) in [7, 11) is 1.47. The summed E-state index contributed by atoms with van der Waals surface area (Å²) in [6, 6.07) is 14.3. The Bertz CT molecular complexity index is 1030. The second kappa shape index (κ2) is 9.90. The third-order valence-electron chi connectivity index (χ3n) is 6.43. The molecule has 2 amide bonds. The number of likely N-dealkylation sites (N-methyl/N-ethyl adjacent to an activating group) is 1. The summed E-state index contributed by atoms with van der Waals surface area (Å²) < 4.78 is 5.57. The maximum atomic E-state index is 13.0. The summed E-state index contributed by atoms with van der Waals surface area (Å²) in [6.07, 6.45) is 5.04. The highest BCUT2D eigenvalue weighted by Gasteiger charge is 2.33. The van der Waals surface area contributed by atoms with Gasteiger partial charge in [0.25, 0.3) is 0 Å². The molecule has 33 heavy (non-hydrogen) atoms. The minimum Gasteiger partial charge on any atom is -0.480 e. The van der Waals surface area contributed by atoms with E-state index in [0.717, 1.165) is 22.3 Å². The van der Waals surface area contributed by atoms with Gasteiger partial charge in [0.05, 0.1) is 0 Å². The quantitative estimate of drug-likeness (QED) is 0.691. The van der Waals surface area contributed by atoms with E-state index in [4.69, 9.17) is 4.74 Å². The van der Waals surface area contributed by atoms with Gasteiger partial charge in [-0.2, -0.15) is 0 Å². The number of carboxylic acids is 1. The van der Waals surface area contributed by atoms with Gasteiger partial charge in [-0.1, -0.05) is 60.7 Å². The number of hydrogen-bond acceptors (Lipinski definition) is 4. The van der Waals surface area contributed by atoms with Crippen molar-refractivity contribution in [2.45, 2.75) is 43.7 Å². The van der Waals surface area contributed by atoms with Crippen LogP contribution in [-0.4, -0.2) is 53.7 Å². The normalized spacial score (nSPS) is 20.6. The van der Waals surface area contributed by atoms with E-state index in [2.05, 4.69) is 17.4 Å². The molecule has 1 heterocycles. The van der Waals surface area contributed by atoms with Gasteiger partial charge in [-0.3, -0.25) is 4.79 Å². The molecule has 7 nitrogen and oxygen atoms in total. The SMILES string of the molecule is CN1C(=O)[C@@H](NC(=O)OCC2c3ccccc3-c3ccccc32)CCC=CCC[C@H]1C(=O)O. The summed E-state index contributed by atoms with van der Waals surface area (Å²) in [6.45, 7) is 0.147. The minimum absolute atomic E-state index is 0.0788. The zero-order chi connectivity index (χ0) is 23.4. The first-order chi connectivity index (χ1) is 16.0. The Labute approximate surface area is 193 Å². The third-order valence-corrected chi connectivity index (χ3v) is 6.43. The maximum Gasteiger partial charge on any atom is 0.407 e. The van der Waals surface area contributed by atoms with E-state index in [0.29, 0.717) is 25.7 Å². The Morgan fingerprint density at radius 2 is 1.58 bits per heavy atom. The van der Waals surface area contributed by atoms with E-state index in [9.17, 15) is 19.5 Å². The number of aliphatic carboxylic acids is 1. The third kappa shape index (κ3) is 4.77. The molecule has 1 aliphatic carbocycles. The number of ether oxygens (including phenoxy) is 1. The highest BCUT2D eigenvalue weighted by molar-refractivity contribution is 5.89. The summed E-state index contributed by atoms with van der Waals surface area (Å²) in [5, 5.41) is 12.2. The van der Waals surface area contributed by atoms with Crippen molar-refractivity contribution >= 4 is 18.0 Å². The standard InChI is InChI=1S/C26H28N2O5/c1-28-23(25(30)31)15-5-3-2-4-14-22(24(28)29)27-26(32)33-16-21-19-12-8-6-10-17(19)18-11-7-9-13-20(18)21/h2-3,6-13,21-23H,4-5,14-16H2,1H3,(H,27,32)(H,30,31)/t22-,23-/m0/s1. The van der Waals surface area contributed by atoms with Crippen molar-refractivity contribution in [3.05, 3.63) is 71.8 Å². The second-order valence-electron chi connectivity index (χ2n) is 8.45. The number of rotatable bonds is 4. The Kier molecular flexibility index (Phi) is 6.77. The molecule has 2 aromatic carbocycles. The van der Waals surface area contributed by atoms with Crippen molar-refractivity contribution < 1.29 is 24.2 Å². The van der Waals surface area contributed by atoms with Crippen LogP contribution in [0.3, 0.4) is 0 Å². The summed E-state index contributed by atoms with van der Waals surface area (Å²) in [5.74, 6) is -1.56. The van der Waals surface area contributed by atoms with Crippen molar-refractivity contribution in [1.82, 2.24) is 10.2 Å². The first kappa shape index (κ1) is 22.6. The number of benzene rings is 2. The van der Waals surface area contributed by atoms with E-state index in [-0.39, 0.29) is 12.5 Å². The van der Waals surface area contributed by atoms with Gasteiger partial charge < -0.3 is 20.1 Å². The van der Waals surface area contributed by atoms with Crippen LogP contribution in [0.4, 0.5) is 4.79 Å². The van der Waals surface area contributed by atoms with E-state index in [1.165, 1.54) is 11.9 Å². The molecule has 172 valence electrons. The number of nitrogens with zero attached hydrogens (tertiary/aromatic N) is 1. The molecule has 0 saturated carbocycles. The number of carbonyl (C=O) groups is 3. The van der Waals surface area contributed by atoms with Gasteiger partial charge in [0.15, 0.2) is 0 Å². The predicted molar refractivity (Wildman–Crippen MR) is 124 cm³/mol. The van der Waals surface area contributed by atoms with Crippen LogP contribution in [0.25, 0.3) is 11.1 Å². The average Bonchev–Trinajstić information content (AvgIpc) is 3.14. The zero-order valence-electron chi connectivity index (χ0n) is 18.6. The number of nitrogens with one attached hydrogen (secondary N) is 1. The first-order valence-corrected chi connectivity index (χ1v) is 11.2. The molecule has 0 spiro atoms. The lowest BCUT2D eigenvalue weighted by molar-refractivity contribution is -0.150. The number of allylic oxidation sites excluding steroid dienone is 2. The maximum absolute atomic E-state index is 13.0. The van der Waals surface area contributed by atoms with Gasteiger partial charge in [0.1, 0.15) is 18.7 Å². The van der Waals surface area contributed by atoms with Crippen LogP contribution in [0.2, 0.25) is 0 Å². The average molecular weight is 449 g/mol. The number of amides is 2. The van der Waals surface area contributed by atoms with Crippen molar-refractivity contribution in [1.29, 1.82) is 0 Å². The molecule has 0 saturated heterocycles. The highest BCUT2D eigenvalue weighted by atomic mass is 16.5. The van der Waals surface area contributed by atoms with Crippen LogP contribution in [-0.2, 0) is 14.3 Å². The molecule has 0 aromatic heterocycles. The molecule has 1 aliphatic heterocycles. The molecular weight excluding hydrogens is 420 g/mol. The number of alkyl carbamates (subject to hydrolysis) is 1. The van der Waals surface area contributed by atoms with Crippen LogP contribution in [0.5, 0.6) is 0 Å². The molecule has 0 radical (unpaired) electrons. The smallest absolute Gasteiger partial charge is 0.407 e. The first-order valence-electron chi connectivity index (χ1n) is 11.2. The minimum atomic E-state index is -1.06. The molecule has 2 atom stereocenters. The lowest BCUT2D eigenvalue weighted by Crippen LogP contribution is -2.52. The van der Waals surface area contributed by atoms with Crippen molar-refractivity contribution in [2.75, 3.05) is 13.7 Å². The number of fused-ring (bicyclic) bond motifs is 3. The largest absolute Gasteiger partial charge is 0.480 e. The fraction of sp³-hybridized carbons (Fsp3) is 0.346. The molecule has 0 unspecified atom stereocenters. The predicted octanol–water partition coefficient (Wildman–Crippen LogP) is 3.94. The second-order valence-corrected chi connectivity index (χ2v) is 8.45. The fourth-order valence-electron chi connectivity index (χ4n) is 4.67. The van der Waals surface area contributed by atoms with Crippen molar-refractivity contribution in [2.24, 2.45) is 0 Å².